The molecule has 7 nitrogen and oxygen atoms in total. The highest BCUT2D eigenvalue weighted by atomic mass is 16.5. The van der Waals surface area contributed by atoms with Crippen molar-refractivity contribution in [1.82, 2.24) is 20.0 Å². The lowest BCUT2D eigenvalue weighted by Gasteiger charge is -2.55. The predicted octanol–water partition coefficient (Wildman–Crippen LogP) is 5.11. The molecular weight excluding hydrogens is 452 g/mol. The van der Waals surface area contributed by atoms with E-state index in [1.54, 1.807) is 12.4 Å². The largest absolute Gasteiger partial charge is 0.380 e. The van der Waals surface area contributed by atoms with E-state index in [4.69, 9.17) is 14.2 Å². The van der Waals surface area contributed by atoms with E-state index in [9.17, 15) is 5.11 Å². The highest BCUT2D eigenvalue weighted by molar-refractivity contribution is 5.56. The van der Waals surface area contributed by atoms with Crippen molar-refractivity contribution < 1.29 is 14.4 Å². The number of hydrogen-bond donors (Lipinski definition) is 1. The van der Waals surface area contributed by atoms with Crippen LogP contribution in [0.5, 0.6) is 0 Å². The summed E-state index contributed by atoms with van der Waals surface area (Å²) >= 11 is 0. The molecular formula is C29H38N4O3. The molecule has 0 aliphatic carbocycles. The number of rotatable bonds is 6. The SMILES string of the molecule is CC(C)c1ccc(C(O)(c2cncc(-c3noc(C4C[C@@H](C)O[C@@H](C)C4)n3)c2)C2(C)CN(C)C2)cc1. The number of pyridine rings is 1. The lowest BCUT2D eigenvalue weighted by atomic mass is 9.62. The van der Waals surface area contributed by atoms with Gasteiger partial charge in [-0.05, 0) is 56.8 Å². The summed E-state index contributed by atoms with van der Waals surface area (Å²) in [7, 11) is 2.08. The van der Waals surface area contributed by atoms with Crippen molar-refractivity contribution >= 4 is 0 Å². The van der Waals surface area contributed by atoms with Crippen LogP contribution in [-0.4, -0.2) is 57.5 Å². The maximum Gasteiger partial charge on any atom is 0.230 e. The quantitative estimate of drug-likeness (QED) is 0.514. The second-order valence-electron chi connectivity index (χ2n) is 11.6. The first kappa shape index (κ1) is 25.1. The summed E-state index contributed by atoms with van der Waals surface area (Å²) in [5.41, 5.74) is 2.03. The molecule has 0 radical (unpaired) electrons. The number of hydrogen-bond acceptors (Lipinski definition) is 7. The van der Waals surface area contributed by atoms with Gasteiger partial charge in [-0.3, -0.25) is 4.98 Å². The Bertz CT molecular complexity index is 1190. The van der Waals surface area contributed by atoms with Gasteiger partial charge in [0, 0.05) is 47.9 Å². The molecule has 7 heteroatoms. The lowest BCUT2D eigenvalue weighted by Crippen LogP contribution is -2.63. The van der Waals surface area contributed by atoms with Crippen molar-refractivity contribution in [2.24, 2.45) is 5.41 Å². The normalized spacial score (nSPS) is 25.9. The Hall–Kier alpha value is -2.61. The van der Waals surface area contributed by atoms with Crippen molar-refractivity contribution in [2.75, 3.05) is 20.1 Å². The Balaban J connectivity index is 1.51. The first-order valence-electron chi connectivity index (χ1n) is 13.1. The molecule has 4 heterocycles. The van der Waals surface area contributed by atoms with Crippen LogP contribution in [-0.2, 0) is 10.3 Å². The Morgan fingerprint density at radius 2 is 1.72 bits per heavy atom. The molecule has 4 atom stereocenters. The van der Waals surface area contributed by atoms with E-state index in [2.05, 4.69) is 81.0 Å². The average Bonchev–Trinajstić information content (AvgIpc) is 3.33. The third-order valence-corrected chi connectivity index (χ3v) is 8.01. The number of benzene rings is 1. The minimum atomic E-state index is -1.21. The minimum Gasteiger partial charge on any atom is -0.380 e. The van der Waals surface area contributed by atoms with Crippen LogP contribution in [0, 0.1) is 5.41 Å². The van der Waals surface area contributed by atoms with Crippen molar-refractivity contribution in [3.8, 4) is 11.4 Å². The summed E-state index contributed by atoms with van der Waals surface area (Å²) < 4.78 is 11.6. The first-order valence-corrected chi connectivity index (χ1v) is 13.1. The average molecular weight is 491 g/mol. The molecule has 0 saturated carbocycles. The van der Waals surface area contributed by atoms with E-state index < -0.39 is 5.60 Å². The van der Waals surface area contributed by atoms with E-state index in [0.29, 0.717) is 17.6 Å². The van der Waals surface area contributed by atoms with Gasteiger partial charge in [0.15, 0.2) is 0 Å². The first-order chi connectivity index (χ1) is 17.1. The number of aromatic nitrogens is 3. The molecule has 0 amide bonds. The minimum absolute atomic E-state index is 0.164. The van der Waals surface area contributed by atoms with Crippen LogP contribution in [0.2, 0.25) is 0 Å². The van der Waals surface area contributed by atoms with E-state index in [1.807, 2.05) is 6.07 Å². The van der Waals surface area contributed by atoms with Gasteiger partial charge >= 0.3 is 0 Å². The fourth-order valence-corrected chi connectivity index (χ4v) is 6.23. The summed E-state index contributed by atoms with van der Waals surface area (Å²) in [6.07, 6.45) is 5.57. The van der Waals surface area contributed by atoms with E-state index in [-0.39, 0.29) is 23.5 Å². The van der Waals surface area contributed by atoms with Gasteiger partial charge in [0.2, 0.25) is 11.7 Å². The second-order valence-corrected chi connectivity index (χ2v) is 11.6. The van der Waals surface area contributed by atoms with Gasteiger partial charge in [0.05, 0.1) is 12.2 Å². The van der Waals surface area contributed by atoms with Crippen LogP contribution in [0.3, 0.4) is 0 Å². The van der Waals surface area contributed by atoms with Gasteiger partial charge in [-0.25, -0.2) is 0 Å². The highest BCUT2D eigenvalue weighted by Crippen LogP contribution is 2.50. The maximum atomic E-state index is 12.5. The summed E-state index contributed by atoms with van der Waals surface area (Å²) in [5, 5.41) is 16.8. The molecule has 1 N–H and O–H groups in total. The molecule has 3 aromatic rings. The number of nitrogens with zero attached hydrogens (tertiary/aromatic N) is 4. The van der Waals surface area contributed by atoms with Gasteiger partial charge in [-0.2, -0.15) is 4.98 Å². The van der Waals surface area contributed by atoms with Gasteiger partial charge in [-0.15, -0.1) is 0 Å². The third kappa shape index (κ3) is 4.38. The second kappa shape index (κ2) is 9.36. The van der Waals surface area contributed by atoms with Crippen LogP contribution in [0.15, 0.2) is 47.2 Å². The van der Waals surface area contributed by atoms with Gasteiger partial charge in [0.25, 0.3) is 0 Å². The van der Waals surface area contributed by atoms with Crippen molar-refractivity contribution in [3.05, 3.63) is 65.3 Å². The number of ether oxygens (including phenoxy) is 1. The highest BCUT2D eigenvalue weighted by Gasteiger charge is 2.55. The number of aliphatic hydroxyl groups is 1. The van der Waals surface area contributed by atoms with Crippen molar-refractivity contribution in [1.29, 1.82) is 0 Å². The fourth-order valence-electron chi connectivity index (χ4n) is 6.23. The van der Waals surface area contributed by atoms with E-state index >= 15 is 0 Å². The number of likely N-dealkylation sites (tertiary alicyclic amines) is 1. The predicted molar refractivity (Wildman–Crippen MR) is 139 cm³/mol. The molecule has 2 aliphatic rings. The Morgan fingerprint density at radius 3 is 2.33 bits per heavy atom. The van der Waals surface area contributed by atoms with Gasteiger partial charge in [-0.1, -0.05) is 50.2 Å². The summed E-state index contributed by atoms with van der Waals surface area (Å²) in [5.74, 6) is 1.75. The van der Waals surface area contributed by atoms with Crippen LogP contribution >= 0.6 is 0 Å². The summed E-state index contributed by atoms with van der Waals surface area (Å²) in [6, 6.07) is 10.3. The molecule has 2 fully saturated rings. The molecule has 1 aromatic carbocycles. The molecule has 192 valence electrons. The summed E-state index contributed by atoms with van der Waals surface area (Å²) in [4.78, 5) is 11.5. The molecule has 2 aliphatic heterocycles. The van der Waals surface area contributed by atoms with E-state index in [1.165, 1.54) is 5.56 Å². The van der Waals surface area contributed by atoms with Gasteiger partial charge in [0.1, 0.15) is 5.60 Å². The summed E-state index contributed by atoms with van der Waals surface area (Å²) in [6.45, 7) is 12.2. The Labute approximate surface area is 213 Å². The topological polar surface area (TPSA) is 84.5 Å². The van der Waals surface area contributed by atoms with Crippen LogP contribution in [0.4, 0.5) is 0 Å². The zero-order chi connectivity index (χ0) is 25.7. The third-order valence-electron chi connectivity index (χ3n) is 8.01. The molecule has 2 aromatic heterocycles. The monoisotopic (exact) mass is 490 g/mol. The molecule has 5 rings (SSSR count). The zero-order valence-corrected chi connectivity index (χ0v) is 22.2. The molecule has 36 heavy (non-hydrogen) atoms. The molecule has 0 bridgehead atoms. The molecule has 2 unspecified atom stereocenters. The lowest BCUT2D eigenvalue weighted by molar-refractivity contribution is -0.127. The Kier molecular flexibility index (Phi) is 6.52. The molecule has 2 saturated heterocycles. The fraction of sp³-hybridized carbons (Fsp3) is 0.552. The molecule has 0 spiro atoms. The standard InChI is InChI=1S/C29H38N4O3/c1-18(2)21-7-9-24(10-8-21)29(34,28(5)16-33(6)17-28)25-13-23(14-30-15-25)26-31-27(36-32-26)22-11-19(3)35-20(4)12-22/h7-10,13-15,18-20,22,34H,11-12,16-17H2,1-6H3/t19-,20+,22?,29?. The smallest absolute Gasteiger partial charge is 0.230 e. The zero-order valence-electron chi connectivity index (χ0n) is 22.2. The van der Waals surface area contributed by atoms with Crippen LogP contribution in [0.1, 0.15) is 81.9 Å². The van der Waals surface area contributed by atoms with Crippen molar-refractivity contribution in [2.45, 2.75) is 77.1 Å². The van der Waals surface area contributed by atoms with Gasteiger partial charge < -0.3 is 19.3 Å². The van der Waals surface area contributed by atoms with E-state index in [0.717, 1.165) is 42.6 Å². The van der Waals surface area contributed by atoms with Crippen molar-refractivity contribution in [3.63, 3.8) is 0 Å². The maximum absolute atomic E-state index is 12.5. The van der Waals surface area contributed by atoms with Crippen LogP contribution < -0.4 is 0 Å². The Morgan fingerprint density at radius 1 is 1.06 bits per heavy atom. The van der Waals surface area contributed by atoms with Crippen LogP contribution in [0.25, 0.3) is 11.4 Å².